The summed E-state index contributed by atoms with van der Waals surface area (Å²) in [6.45, 7) is 5.69. The Bertz CT molecular complexity index is 1160. The number of alkyl halides is 3. The summed E-state index contributed by atoms with van der Waals surface area (Å²) in [5.74, 6) is 2.17. The number of benzene rings is 1. The number of likely N-dealkylation sites (tertiary alicyclic amines) is 1. The number of rotatable bonds is 7. The van der Waals surface area contributed by atoms with Crippen molar-refractivity contribution in [2.75, 3.05) is 43.4 Å². The minimum Gasteiger partial charge on any atom is -0.440 e. The van der Waals surface area contributed by atoms with Gasteiger partial charge in [0.2, 0.25) is 5.82 Å². The maximum absolute atomic E-state index is 12.9. The van der Waals surface area contributed by atoms with E-state index < -0.39 is 11.7 Å². The summed E-state index contributed by atoms with van der Waals surface area (Å²) in [4.78, 5) is 8.68. The molecule has 0 spiro atoms. The van der Waals surface area contributed by atoms with Gasteiger partial charge in [-0.2, -0.15) is 13.2 Å². The lowest BCUT2D eigenvalue weighted by atomic mass is 10.1. The molecule has 0 amide bonds. The molecular formula is C23H29Cl2F3N6O2S. The molecule has 2 saturated heterocycles. The van der Waals surface area contributed by atoms with Crippen molar-refractivity contribution in [3.05, 3.63) is 41.9 Å². The predicted molar refractivity (Wildman–Crippen MR) is 140 cm³/mol. The van der Waals surface area contributed by atoms with E-state index in [0.29, 0.717) is 24.7 Å². The zero-order chi connectivity index (χ0) is 24.6. The van der Waals surface area contributed by atoms with E-state index >= 15 is 0 Å². The topological polar surface area (TPSA) is 72.4 Å². The highest BCUT2D eigenvalue weighted by molar-refractivity contribution is 7.99. The van der Waals surface area contributed by atoms with Crippen LogP contribution in [0.4, 0.5) is 18.9 Å². The van der Waals surface area contributed by atoms with E-state index in [1.54, 1.807) is 23.9 Å². The fourth-order valence-electron chi connectivity index (χ4n) is 4.72. The number of hydrogen-bond donors (Lipinski definition) is 0. The Balaban J connectivity index is 0.00000190. The molecule has 0 saturated carbocycles. The van der Waals surface area contributed by atoms with Crippen LogP contribution in [0.15, 0.2) is 40.2 Å². The highest BCUT2D eigenvalue weighted by atomic mass is 35.5. The van der Waals surface area contributed by atoms with Gasteiger partial charge in [0.15, 0.2) is 17.3 Å². The third-order valence-electron chi connectivity index (χ3n) is 6.54. The number of hydrogen-bond acceptors (Lipinski definition) is 8. The molecule has 0 unspecified atom stereocenters. The molecule has 2 aliphatic heterocycles. The van der Waals surface area contributed by atoms with Crippen LogP contribution in [0.5, 0.6) is 0 Å². The fourth-order valence-corrected chi connectivity index (χ4v) is 5.55. The quantitative estimate of drug-likeness (QED) is 0.294. The first-order chi connectivity index (χ1) is 16.8. The second-order valence-electron chi connectivity index (χ2n) is 8.81. The van der Waals surface area contributed by atoms with Crippen LogP contribution in [-0.2, 0) is 18.0 Å². The molecule has 5 rings (SSSR count). The second-order valence-corrected chi connectivity index (χ2v) is 9.87. The van der Waals surface area contributed by atoms with E-state index in [1.807, 2.05) is 18.5 Å². The summed E-state index contributed by atoms with van der Waals surface area (Å²) in [5, 5.41) is 9.35. The van der Waals surface area contributed by atoms with Gasteiger partial charge in [0.05, 0.1) is 30.0 Å². The summed E-state index contributed by atoms with van der Waals surface area (Å²) in [5.41, 5.74) is 0.969. The Morgan fingerprint density at radius 3 is 2.54 bits per heavy atom. The van der Waals surface area contributed by atoms with Crippen LogP contribution in [0.3, 0.4) is 0 Å². The monoisotopic (exact) mass is 580 g/mol. The van der Waals surface area contributed by atoms with Crippen LogP contribution in [0.2, 0.25) is 0 Å². The average molecular weight is 581 g/mol. The molecule has 0 aliphatic carbocycles. The summed E-state index contributed by atoms with van der Waals surface area (Å²) in [6.07, 6.45) is -1.89. The van der Waals surface area contributed by atoms with Gasteiger partial charge in [-0.3, -0.25) is 4.90 Å². The van der Waals surface area contributed by atoms with Crippen molar-refractivity contribution in [2.45, 2.75) is 36.8 Å². The van der Waals surface area contributed by atoms with Gasteiger partial charge in [-0.15, -0.1) is 35.0 Å². The third kappa shape index (κ3) is 6.36. The number of thioether (sulfide) groups is 1. The van der Waals surface area contributed by atoms with Crippen molar-refractivity contribution >= 4 is 42.3 Å². The second kappa shape index (κ2) is 12.2. The Labute approximate surface area is 229 Å². The number of anilines is 1. The summed E-state index contributed by atoms with van der Waals surface area (Å²) >= 11 is 1.65. The molecule has 4 heterocycles. The molecule has 2 aromatic heterocycles. The summed E-state index contributed by atoms with van der Waals surface area (Å²) in [6, 6.07) is 5.59. The Hall–Kier alpha value is -1.99. The SMILES string of the molecule is Cc1ncoc1-c1nnc(SCCCN2C[C@H]3OCCN(c4ccc(C(F)(F)F)cc4)[C@H]3C2)n1C.Cl.Cl. The van der Waals surface area contributed by atoms with Gasteiger partial charge in [0.1, 0.15) is 0 Å². The molecule has 3 aromatic rings. The number of nitrogens with zero attached hydrogens (tertiary/aromatic N) is 6. The summed E-state index contributed by atoms with van der Waals surface area (Å²) < 4.78 is 52.1. The largest absolute Gasteiger partial charge is 0.440 e. The zero-order valence-corrected chi connectivity index (χ0v) is 22.8. The minimum absolute atomic E-state index is 0. The molecular weight excluding hydrogens is 552 g/mol. The fraction of sp³-hybridized carbons (Fsp3) is 0.522. The number of aryl methyl sites for hydroxylation is 1. The lowest BCUT2D eigenvalue weighted by molar-refractivity contribution is -0.137. The van der Waals surface area contributed by atoms with Crippen LogP contribution in [-0.4, -0.2) is 75.3 Å². The van der Waals surface area contributed by atoms with Gasteiger partial charge < -0.3 is 18.6 Å². The molecule has 2 fully saturated rings. The standard InChI is InChI=1S/C23H27F3N6O2S.2ClH/c1-15-20(34-14-27-15)21-28-29-22(30(21)2)35-11-3-8-31-12-18-19(13-31)33-10-9-32(18)17-6-4-16(5-7-17)23(24,25)26;;/h4-7,14,18-19H,3,8-13H2,1-2H3;2*1H/t18-,19+;;/m0../s1. The molecule has 8 nitrogen and oxygen atoms in total. The maximum atomic E-state index is 12.9. The molecule has 37 heavy (non-hydrogen) atoms. The zero-order valence-electron chi connectivity index (χ0n) is 20.3. The highest BCUT2D eigenvalue weighted by Crippen LogP contribution is 2.33. The Morgan fingerprint density at radius 2 is 1.86 bits per heavy atom. The first kappa shape index (κ1) is 29.6. The predicted octanol–water partition coefficient (Wildman–Crippen LogP) is 4.71. The Kier molecular flexibility index (Phi) is 9.79. The van der Waals surface area contributed by atoms with E-state index in [2.05, 4.69) is 25.0 Å². The molecule has 0 N–H and O–H groups in total. The van der Waals surface area contributed by atoms with E-state index in [4.69, 9.17) is 9.15 Å². The molecule has 0 radical (unpaired) electrons. The average Bonchev–Trinajstić information content (AvgIpc) is 3.54. The minimum atomic E-state index is -4.32. The van der Waals surface area contributed by atoms with E-state index in [0.717, 1.165) is 60.5 Å². The number of aromatic nitrogens is 4. The molecule has 14 heteroatoms. The van der Waals surface area contributed by atoms with Crippen molar-refractivity contribution in [3.63, 3.8) is 0 Å². The molecule has 1 aromatic carbocycles. The van der Waals surface area contributed by atoms with Gasteiger partial charge in [-0.25, -0.2) is 4.98 Å². The van der Waals surface area contributed by atoms with Crippen molar-refractivity contribution < 1.29 is 22.3 Å². The van der Waals surface area contributed by atoms with Gasteiger partial charge in [-0.05, 0) is 44.2 Å². The molecule has 2 aliphatic rings. The first-order valence-electron chi connectivity index (χ1n) is 11.5. The van der Waals surface area contributed by atoms with E-state index in [-0.39, 0.29) is 37.0 Å². The van der Waals surface area contributed by atoms with Crippen LogP contribution in [0, 0.1) is 6.92 Å². The molecule has 0 bridgehead atoms. The third-order valence-corrected chi connectivity index (χ3v) is 7.64. The van der Waals surface area contributed by atoms with Crippen LogP contribution in [0.1, 0.15) is 17.7 Å². The number of oxazole rings is 1. The van der Waals surface area contributed by atoms with Crippen LogP contribution >= 0.6 is 36.6 Å². The lowest BCUT2D eigenvalue weighted by Gasteiger charge is -2.38. The summed E-state index contributed by atoms with van der Waals surface area (Å²) in [7, 11) is 1.91. The smallest absolute Gasteiger partial charge is 0.416 e. The first-order valence-corrected chi connectivity index (χ1v) is 12.5. The van der Waals surface area contributed by atoms with Crippen LogP contribution < -0.4 is 4.90 Å². The van der Waals surface area contributed by atoms with E-state index in [1.165, 1.54) is 6.39 Å². The van der Waals surface area contributed by atoms with Crippen molar-refractivity contribution in [1.29, 1.82) is 0 Å². The number of ether oxygens (including phenoxy) is 1. The van der Waals surface area contributed by atoms with Gasteiger partial charge in [-0.1, -0.05) is 11.8 Å². The molecule has 204 valence electrons. The number of morpholine rings is 1. The highest BCUT2D eigenvalue weighted by Gasteiger charge is 2.40. The van der Waals surface area contributed by atoms with Gasteiger partial charge in [0, 0.05) is 38.1 Å². The number of fused-ring (bicyclic) bond motifs is 1. The normalized spacial score (nSPS) is 19.9. The van der Waals surface area contributed by atoms with E-state index in [9.17, 15) is 13.2 Å². The van der Waals surface area contributed by atoms with Crippen molar-refractivity contribution in [1.82, 2.24) is 24.6 Å². The molecule has 2 atom stereocenters. The van der Waals surface area contributed by atoms with Gasteiger partial charge >= 0.3 is 6.18 Å². The van der Waals surface area contributed by atoms with Crippen molar-refractivity contribution in [2.24, 2.45) is 7.05 Å². The van der Waals surface area contributed by atoms with Gasteiger partial charge in [0.25, 0.3) is 0 Å². The maximum Gasteiger partial charge on any atom is 0.416 e. The van der Waals surface area contributed by atoms with Crippen molar-refractivity contribution in [3.8, 4) is 11.6 Å². The lowest BCUT2D eigenvalue weighted by Crippen LogP contribution is -2.51. The van der Waals surface area contributed by atoms with Crippen LogP contribution in [0.25, 0.3) is 11.6 Å². The Morgan fingerprint density at radius 1 is 1.11 bits per heavy atom. The number of halogens is 5.